The van der Waals surface area contributed by atoms with Crippen molar-refractivity contribution in [3.63, 3.8) is 0 Å². The first-order valence-corrected chi connectivity index (χ1v) is 34.5. The average Bonchev–Trinajstić information content (AvgIpc) is 0.862. The van der Waals surface area contributed by atoms with Crippen molar-refractivity contribution in [3.05, 3.63) is 11.8 Å². The first-order valence-electron chi connectivity index (χ1n) is 24.1. The van der Waals surface area contributed by atoms with Crippen LogP contribution < -0.4 is 39.7 Å². The molecule has 12 N–H and O–H groups in total. The van der Waals surface area contributed by atoms with E-state index >= 15 is 0 Å². The number of hydrogen-bond donors (Lipinski definition) is 12. The number of hydrogen-bond acceptors (Lipinski definition) is 39. The van der Waals surface area contributed by atoms with Gasteiger partial charge in [0.1, 0.15) is 91.1 Å². The van der Waals surface area contributed by atoms with Crippen LogP contribution >= 0.6 is 24.0 Å². The number of carbonyl (C=O) groups is 2. The highest BCUT2D eigenvalue weighted by atomic mass is 32.3. The molecule has 51 heteroatoms. The van der Waals surface area contributed by atoms with Crippen LogP contribution in [0.25, 0.3) is 0 Å². The first-order chi connectivity index (χ1) is 39.8. The van der Waals surface area contributed by atoms with E-state index in [9.17, 15) is 128 Å². The quantitative estimate of drug-likeness (QED) is 0.0197. The van der Waals surface area contributed by atoms with E-state index < -0.39 is 243 Å². The largest absolute Gasteiger partial charge is 0.748 e. The van der Waals surface area contributed by atoms with Crippen LogP contribution in [0.3, 0.4) is 0 Å². The Balaban J connectivity index is 1.42. The molecule has 0 spiro atoms. The zero-order valence-corrected chi connectivity index (χ0v) is 50.2. The van der Waals surface area contributed by atoms with Crippen molar-refractivity contribution in [2.24, 2.45) is 5.92 Å². The molecule has 5 aliphatic rings. The summed E-state index contributed by atoms with van der Waals surface area (Å²) in [6, 6.07) is -10.4. The van der Waals surface area contributed by atoms with Crippen LogP contribution in [-0.2, 0) is 114 Å². The lowest BCUT2D eigenvalue weighted by molar-refractivity contribution is -0.353. The van der Waals surface area contributed by atoms with Crippen molar-refractivity contribution < 1.29 is 171 Å². The summed E-state index contributed by atoms with van der Waals surface area (Å²) >= 11 is 6.42. The highest BCUT2D eigenvalue weighted by Gasteiger charge is 2.55. The van der Waals surface area contributed by atoms with Gasteiger partial charge < -0.3 is 131 Å². The van der Waals surface area contributed by atoms with E-state index in [1.54, 1.807) is 6.92 Å². The lowest BCUT2D eigenvalue weighted by Gasteiger charge is -2.50. The second kappa shape index (κ2) is 29.9. The van der Waals surface area contributed by atoms with Crippen molar-refractivity contribution in [2.45, 2.75) is 142 Å². The predicted molar refractivity (Wildman–Crippen MR) is 266 cm³/mol. The number of carboxylic acids is 2. The van der Waals surface area contributed by atoms with Crippen LogP contribution in [0.15, 0.2) is 11.8 Å². The van der Waals surface area contributed by atoms with Gasteiger partial charge in [0.2, 0.25) is 6.29 Å². The van der Waals surface area contributed by atoms with Gasteiger partial charge in [-0.1, -0.05) is 6.92 Å². The molecule has 5 rings (SSSR count). The highest BCUT2D eigenvalue weighted by molar-refractivity contribution is 7.99. The second-order valence-electron chi connectivity index (χ2n) is 19.3. The molecule has 4 fully saturated rings. The van der Waals surface area contributed by atoms with Crippen molar-refractivity contribution in [3.8, 4) is 0 Å². The number of methoxy groups -OCH3 is 1. The molecule has 506 valence electrons. The summed E-state index contributed by atoms with van der Waals surface area (Å²) in [6.45, 7) is -0.116. The summed E-state index contributed by atoms with van der Waals surface area (Å²) in [5, 5.41) is 94.6. The SMILES string of the molecule is CO[C@H]1OC(CSCCNC(=S)N[C@@H]2OC(CS(=O)(=O)[O-])[C@@H](O[C@@H]3OC(C(=O)[O-])[C@@H](OC[C@H]4OC(CS(=O)(=O)[O-])[C@@H](O[C@@H]5OC(C(=O)[O-])=C[C@@H](O)C5NS(=O)(=O)[O-])[C@@H](O)C4NS(=O)(=O)[O-])[C@@H](O)C3NS(=O)(=O)[O-])[C@@H](O)C2NS(=O)(=O)[O-])C(C)[C@H](O)C1O. The molecule has 10 unspecified atom stereocenters. The summed E-state index contributed by atoms with van der Waals surface area (Å²) in [5.41, 5.74) is 0. The number of thioether (sulfide) groups is 1. The zero-order valence-electron chi connectivity index (χ0n) is 43.7. The van der Waals surface area contributed by atoms with E-state index in [2.05, 4.69) is 10.6 Å². The van der Waals surface area contributed by atoms with Gasteiger partial charge in [0.15, 0.2) is 58.9 Å². The maximum atomic E-state index is 12.7. The molecule has 0 aromatic carbocycles. The summed E-state index contributed by atoms with van der Waals surface area (Å²) in [5.74, 6) is -10.2. The van der Waals surface area contributed by atoms with Crippen molar-refractivity contribution in [1.29, 1.82) is 0 Å². The Hall–Kier alpha value is -2.74. The minimum atomic E-state index is -6.04. The van der Waals surface area contributed by atoms with E-state index in [1.807, 2.05) is 0 Å². The van der Waals surface area contributed by atoms with Gasteiger partial charge in [0, 0.05) is 31.1 Å². The third-order valence-electron chi connectivity index (χ3n) is 13.1. The summed E-state index contributed by atoms with van der Waals surface area (Å²) in [4.78, 5) is 24.4. The molecule has 0 radical (unpaired) electrons. The summed E-state index contributed by atoms with van der Waals surface area (Å²) in [6.07, 6.45) is -41.9. The summed E-state index contributed by atoms with van der Waals surface area (Å²) < 4.78 is 271. The zero-order chi connectivity index (χ0) is 65.9. The molecule has 5 heterocycles. The Kier molecular flexibility index (Phi) is 25.8. The molecule has 23 atom stereocenters. The van der Waals surface area contributed by atoms with Crippen molar-refractivity contribution >= 4 is 102 Å². The fourth-order valence-corrected chi connectivity index (χ4v) is 14.2. The average molecular weight is 1420 g/mol. The topological polar surface area (TPSA) is 700 Å². The number of carboxylic acid groups (broad SMARTS) is 2. The number of ether oxygens (including phenoxy) is 9. The van der Waals surface area contributed by atoms with E-state index in [0.29, 0.717) is 0 Å². The maximum absolute atomic E-state index is 12.7. The molecule has 0 amide bonds. The monoisotopic (exact) mass is 1420 g/mol. The van der Waals surface area contributed by atoms with Crippen LogP contribution in [0.4, 0.5) is 0 Å². The predicted octanol–water partition coefficient (Wildman–Crippen LogP) is -15.8. The Bertz CT molecular complexity index is 3150. The Morgan fingerprint density at radius 1 is 0.609 bits per heavy atom. The van der Waals surface area contributed by atoms with Gasteiger partial charge in [-0.15, -0.1) is 0 Å². The molecule has 4 saturated heterocycles. The van der Waals surface area contributed by atoms with Crippen LogP contribution in [0.1, 0.15) is 6.92 Å². The number of aliphatic hydroxyl groups is 6. The Morgan fingerprint density at radius 3 is 1.62 bits per heavy atom. The number of carbonyl (C=O) groups excluding carboxylic acids is 2. The van der Waals surface area contributed by atoms with Gasteiger partial charge in [0.25, 0.3) is 0 Å². The minimum absolute atomic E-state index is 0.0639. The maximum Gasteiger partial charge on any atom is 0.219 e. The first kappa shape index (κ1) is 75.0. The number of aliphatic hydroxyl groups excluding tert-OH is 6. The molecule has 5 aliphatic heterocycles. The van der Waals surface area contributed by atoms with Gasteiger partial charge in [-0.05, 0) is 18.3 Å². The van der Waals surface area contributed by atoms with Crippen LogP contribution in [0.2, 0.25) is 0 Å². The van der Waals surface area contributed by atoms with Gasteiger partial charge in [0.05, 0.1) is 80.8 Å². The molecule has 87 heavy (non-hydrogen) atoms. The number of nitrogens with one attached hydrogen (secondary N) is 6. The van der Waals surface area contributed by atoms with Gasteiger partial charge >= 0.3 is 0 Å². The van der Waals surface area contributed by atoms with Crippen molar-refractivity contribution in [1.82, 2.24) is 29.5 Å². The van der Waals surface area contributed by atoms with Crippen LogP contribution in [0.5, 0.6) is 0 Å². The van der Waals surface area contributed by atoms with E-state index in [-0.39, 0.29) is 24.1 Å². The van der Waals surface area contributed by atoms with E-state index in [1.165, 1.54) is 37.8 Å². The van der Waals surface area contributed by atoms with Crippen LogP contribution in [-0.4, -0.2) is 304 Å². The Labute approximate surface area is 503 Å². The van der Waals surface area contributed by atoms with E-state index in [0.717, 1.165) is 0 Å². The fourth-order valence-electron chi connectivity index (χ4n) is 9.27. The highest BCUT2D eigenvalue weighted by Crippen LogP contribution is 2.35. The van der Waals surface area contributed by atoms with Gasteiger partial charge in [-0.2, -0.15) is 11.8 Å². The molecule has 0 aromatic heterocycles. The molecule has 0 aromatic rings. The molecular formula is C36H54N6O37S8-8. The standard InChI is InChI=1S/C36H62N6O37S8/c1-10-14(76-35(71-2)25(48)21(10)44)7-81-4-3-37-36(80)38-30-19(41-86(65,66)67)23(46)27(16(74-30)9-83(56,57)58)78-34-20(42-87(68,69)70)24(47)28(29(79-34)32(51)52)72-6-13-18(40-85(62,63)64)22(45)26(15(73-13)8-82(53,54)55)77-33-17(39-84(59,60)61)11(43)5-12(75-33)31(49)50/h5,10-11,13-30,33-35,39-48H,3-4,6-9H2,1-2H3,(H,49,50)(H,51,52)(H2,37,38,80)(H,53,54,55)(H,56,57,58)(H,59,60,61)(H,62,63,64)(H,65,66,67)(H,68,69,70)/p-8/t10?,11-,13-,14?,15?,16?,17?,18?,19?,20?,21+,22+,23+,24+,25?,26-,27-,28+,29?,30-,33+,34-,35+/m1/s1. The second-order valence-corrected chi connectivity index (χ2v) is 28.3. The number of rotatable bonds is 28. The van der Waals surface area contributed by atoms with Crippen LogP contribution in [0, 0.1) is 5.92 Å². The molecule has 0 bridgehead atoms. The third-order valence-corrected chi connectivity index (χ3v) is 18.1. The summed E-state index contributed by atoms with van der Waals surface area (Å²) in [7, 11) is -33.6. The fraction of sp³-hybridized carbons (Fsp3) is 0.861. The minimum Gasteiger partial charge on any atom is -0.748 e. The molecule has 0 aliphatic carbocycles. The number of thiocarbonyl (C=S) groups is 1. The van der Waals surface area contributed by atoms with E-state index in [4.69, 9.17) is 54.8 Å². The van der Waals surface area contributed by atoms with Gasteiger partial charge in [-0.3, -0.25) is 0 Å². The van der Waals surface area contributed by atoms with Gasteiger partial charge in [-0.25, -0.2) is 69.4 Å². The van der Waals surface area contributed by atoms with Crippen molar-refractivity contribution in [2.75, 3.05) is 43.3 Å². The molecule has 0 saturated carbocycles. The lowest BCUT2D eigenvalue weighted by atomic mass is 9.91. The molecular weight excluding hydrogens is 1360 g/mol. The lowest BCUT2D eigenvalue weighted by Crippen LogP contribution is -2.72. The normalized spacial score (nSPS) is 37.5. The number of aliphatic carboxylic acids is 2. The Morgan fingerprint density at radius 2 is 1.10 bits per heavy atom. The smallest absolute Gasteiger partial charge is 0.219 e. The third kappa shape index (κ3) is 22.0. The molecule has 43 nitrogen and oxygen atoms in total.